The predicted molar refractivity (Wildman–Crippen MR) is 107 cm³/mol. The molecule has 2 atom stereocenters. The van der Waals surface area contributed by atoms with Gasteiger partial charge in [-0.1, -0.05) is 12.1 Å². The smallest absolute Gasteiger partial charge is 0.233 e. The summed E-state index contributed by atoms with van der Waals surface area (Å²) >= 11 is 0. The van der Waals surface area contributed by atoms with Crippen LogP contribution in [0.2, 0.25) is 0 Å². The number of amides is 2. The zero-order valence-electron chi connectivity index (χ0n) is 16.1. The summed E-state index contributed by atoms with van der Waals surface area (Å²) in [5.41, 5.74) is 1.10. The maximum atomic E-state index is 12.5. The Bertz CT molecular complexity index is 651. The van der Waals surface area contributed by atoms with E-state index in [1.165, 1.54) is 12.8 Å². The second kappa shape index (κ2) is 9.95. The molecule has 1 aromatic carbocycles. The molecular weight excluding hydrogens is 366 g/mol. The number of benzene rings is 1. The Morgan fingerprint density at radius 2 is 2.00 bits per heavy atom. The fourth-order valence-corrected chi connectivity index (χ4v) is 3.84. The van der Waals surface area contributed by atoms with Gasteiger partial charge in [-0.05, 0) is 48.8 Å². The first-order chi connectivity index (χ1) is 12.6. The van der Waals surface area contributed by atoms with Gasteiger partial charge in [0, 0.05) is 32.6 Å². The molecule has 2 aliphatic rings. The Balaban J connectivity index is 0.00000261. The number of carbonyl (C=O) groups is 2. The molecule has 0 radical (unpaired) electrons. The number of aryl methyl sites for hydroxylation is 1. The number of likely N-dealkylation sites (tertiary alicyclic amines) is 1. The van der Waals surface area contributed by atoms with E-state index in [1.807, 2.05) is 24.3 Å². The Hall–Kier alpha value is -1.79. The first-order valence-corrected chi connectivity index (χ1v) is 9.44. The van der Waals surface area contributed by atoms with Gasteiger partial charge in [-0.25, -0.2) is 0 Å². The van der Waals surface area contributed by atoms with Gasteiger partial charge in [0.15, 0.2) is 0 Å². The van der Waals surface area contributed by atoms with E-state index in [4.69, 9.17) is 4.74 Å². The van der Waals surface area contributed by atoms with Crippen LogP contribution < -0.4 is 15.4 Å². The molecule has 2 N–H and O–H groups in total. The van der Waals surface area contributed by atoms with Crippen LogP contribution in [0.15, 0.2) is 24.3 Å². The number of rotatable bonds is 8. The van der Waals surface area contributed by atoms with E-state index in [1.54, 1.807) is 14.2 Å². The van der Waals surface area contributed by atoms with Crippen molar-refractivity contribution in [1.29, 1.82) is 0 Å². The standard InChI is InChI=1S/C20H29N3O3.ClH/c1-21-20(25)13-23-11-17(15-7-8-15)18(12-23)22-19(24)9-6-14-4-3-5-16(10-14)26-2;/h3-5,10,15,17-18H,6-9,11-13H2,1-2H3,(H,21,25)(H,22,24);1H/t17-,18+;/m1./s1. The van der Waals surface area contributed by atoms with Gasteiger partial charge in [-0.3, -0.25) is 14.5 Å². The van der Waals surface area contributed by atoms with Crippen molar-refractivity contribution in [1.82, 2.24) is 15.5 Å². The van der Waals surface area contributed by atoms with Crippen LogP contribution in [-0.2, 0) is 16.0 Å². The summed E-state index contributed by atoms with van der Waals surface area (Å²) in [7, 11) is 3.31. The average Bonchev–Trinajstić information content (AvgIpc) is 3.42. The van der Waals surface area contributed by atoms with Crippen molar-refractivity contribution < 1.29 is 14.3 Å². The molecule has 6 nitrogen and oxygen atoms in total. The van der Waals surface area contributed by atoms with Gasteiger partial charge in [0.2, 0.25) is 11.8 Å². The molecule has 2 fully saturated rings. The fourth-order valence-electron chi connectivity index (χ4n) is 3.84. The lowest BCUT2D eigenvalue weighted by molar-refractivity contribution is -0.122. The number of nitrogens with one attached hydrogen (secondary N) is 2. The molecule has 0 spiro atoms. The zero-order chi connectivity index (χ0) is 18.5. The van der Waals surface area contributed by atoms with Crippen molar-refractivity contribution in [2.24, 2.45) is 11.8 Å². The molecule has 7 heteroatoms. The maximum absolute atomic E-state index is 12.5. The van der Waals surface area contributed by atoms with E-state index in [0.29, 0.717) is 31.2 Å². The van der Waals surface area contributed by atoms with Gasteiger partial charge in [-0.15, -0.1) is 12.4 Å². The van der Waals surface area contributed by atoms with E-state index >= 15 is 0 Å². The van der Waals surface area contributed by atoms with Gasteiger partial charge >= 0.3 is 0 Å². The molecule has 1 saturated carbocycles. The summed E-state index contributed by atoms with van der Waals surface area (Å²) in [4.78, 5) is 26.3. The van der Waals surface area contributed by atoms with E-state index in [0.717, 1.165) is 24.4 Å². The molecule has 1 aromatic rings. The summed E-state index contributed by atoms with van der Waals surface area (Å²) in [6.45, 7) is 2.08. The van der Waals surface area contributed by atoms with E-state index < -0.39 is 0 Å². The van der Waals surface area contributed by atoms with Gasteiger partial charge in [0.25, 0.3) is 0 Å². The van der Waals surface area contributed by atoms with Crippen molar-refractivity contribution in [3.63, 3.8) is 0 Å². The SMILES string of the molecule is CNC(=O)CN1C[C@H](NC(=O)CCc2cccc(OC)c2)[C@@H](C2CC2)C1.Cl. The first kappa shape index (κ1) is 21.5. The van der Waals surface area contributed by atoms with E-state index in [2.05, 4.69) is 15.5 Å². The highest BCUT2D eigenvalue weighted by molar-refractivity contribution is 5.85. The Labute approximate surface area is 167 Å². The molecule has 27 heavy (non-hydrogen) atoms. The third-order valence-corrected chi connectivity index (χ3v) is 5.44. The fraction of sp³-hybridized carbons (Fsp3) is 0.600. The molecule has 1 saturated heterocycles. The van der Waals surface area contributed by atoms with Crippen LogP contribution >= 0.6 is 12.4 Å². The van der Waals surface area contributed by atoms with Crippen LogP contribution in [0, 0.1) is 11.8 Å². The second-order valence-corrected chi connectivity index (χ2v) is 7.39. The number of methoxy groups -OCH3 is 1. The minimum Gasteiger partial charge on any atom is -0.497 e. The summed E-state index contributed by atoms with van der Waals surface area (Å²) in [6, 6.07) is 8.00. The lowest BCUT2D eigenvalue weighted by atomic mass is 9.98. The van der Waals surface area contributed by atoms with Crippen molar-refractivity contribution in [3.05, 3.63) is 29.8 Å². The first-order valence-electron chi connectivity index (χ1n) is 9.44. The lowest BCUT2D eigenvalue weighted by Gasteiger charge is -2.19. The highest BCUT2D eigenvalue weighted by Crippen LogP contribution is 2.41. The average molecular weight is 396 g/mol. The van der Waals surface area contributed by atoms with Gasteiger partial charge < -0.3 is 15.4 Å². The van der Waals surface area contributed by atoms with Crippen molar-refractivity contribution >= 4 is 24.2 Å². The monoisotopic (exact) mass is 395 g/mol. The minimum absolute atomic E-state index is 0. The van der Waals surface area contributed by atoms with Crippen molar-refractivity contribution in [2.45, 2.75) is 31.7 Å². The van der Waals surface area contributed by atoms with Crippen LogP contribution in [0.5, 0.6) is 5.75 Å². The topological polar surface area (TPSA) is 70.7 Å². The minimum atomic E-state index is 0. The normalized spacial score (nSPS) is 22.0. The van der Waals surface area contributed by atoms with Gasteiger partial charge in [0.05, 0.1) is 13.7 Å². The molecule has 0 bridgehead atoms. The number of ether oxygens (including phenoxy) is 1. The molecular formula is C20H30ClN3O3. The Kier molecular flexibility index (Phi) is 7.92. The maximum Gasteiger partial charge on any atom is 0.233 e. The molecule has 1 aliphatic carbocycles. The van der Waals surface area contributed by atoms with Crippen LogP contribution in [-0.4, -0.2) is 56.5 Å². The summed E-state index contributed by atoms with van der Waals surface area (Å²) < 4.78 is 5.23. The number of halogens is 1. The molecule has 1 heterocycles. The van der Waals surface area contributed by atoms with Crippen molar-refractivity contribution in [2.75, 3.05) is 33.8 Å². The second-order valence-electron chi connectivity index (χ2n) is 7.39. The molecule has 150 valence electrons. The van der Waals surface area contributed by atoms with Crippen LogP contribution in [0.3, 0.4) is 0 Å². The third-order valence-electron chi connectivity index (χ3n) is 5.44. The lowest BCUT2D eigenvalue weighted by Crippen LogP contribution is -2.42. The number of nitrogens with zero attached hydrogens (tertiary/aromatic N) is 1. The largest absolute Gasteiger partial charge is 0.497 e. The van der Waals surface area contributed by atoms with Crippen molar-refractivity contribution in [3.8, 4) is 5.75 Å². The number of carbonyl (C=O) groups excluding carboxylic acids is 2. The number of hydrogen-bond acceptors (Lipinski definition) is 4. The highest BCUT2D eigenvalue weighted by Gasteiger charge is 2.43. The van der Waals surface area contributed by atoms with Crippen LogP contribution in [0.25, 0.3) is 0 Å². The van der Waals surface area contributed by atoms with Gasteiger partial charge in [-0.2, -0.15) is 0 Å². The Morgan fingerprint density at radius 3 is 2.67 bits per heavy atom. The molecule has 0 aromatic heterocycles. The summed E-state index contributed by atoms with van der Waals surface area (Å²) in [5, 5.41) is 5.90. The highest BCUT2D eigenvalue weighted by atomic mass is 35.5. The van der Waals surface area contributed by atoms with Gasteiger partial charge in [0.1, 0.15) is 5.75 Å². The quantitative estimate of drug-likeness (QED) is 0.701. The third kappa shape index (κ3) is 6.11. The summed E-state index contributed by atoms with van der Waals surface area (Å²) in [5.74, 6) is 2.11. The predicted octanol–water partition coefficient (Wildman–Crippen LogP) is 1.62. The van der Waals surface area contributed by atoms with Crippen LogP contribution in [0.4, 0.5) is 0 Å². The molecule has 1 aliphatic heterocycles. The van der Waals surface area contributed by atoms with Crippen LogP contribution in [0.1, 0.15) is 24.8 Å². The Morgan fingerprint density at radius 1 is 1.22 bits per heavy atom. The molecule has 3 rings (SSSR count). The molecule has 2 amide bonds. The number of hydrogen-bond donors (Lipinski definition) is 2. The molecule has 0 unspecified atom stereocenters. The van der Waals surface area contributed by atoms with E-state index in [9.17, 15) is 9.59 Å². The summed E-state index contributed by atoms with van der Waals surface area (Å²) in [6.07, 6.45) is 3.66. The number of likely N-dealkylation sites (N-methyl/N-ethyl adjacent to an activating group) is 1. The van der Waals surface area contributed by atoms with E-state index in [-0.39, 0.29) is 30.3 Å². The zero-order valence-corrected chi connectivity index (χ0v) is 16.9.